The second-order valence-corrected chi connectivity index (χ2v) is 10.3. The molecule has 1 amide bonds. The van der Waals surface area contributed by atoms with Crippen LogP contribution in [0.4, 0.5) is 20.4 Å². The Bertz CT molecular complexity index is 1470. The topological polar surface area (TPSA) is 65.6 Å². The number of alkyl halides is 1. The van der Waals surface area contributed by atoms with Crippen LogP contribution in [0.5, 0.6) is 0 Å². The van der Waals surface area contributed by atoms with Crippen LogP contribution in [0.25, 0.3) is 16.8 Å². The number of halogens is 2. The number of aryl methyl sites for hydroxylation is 1. The Morgan fingerprint density at radius 1 is 1.08 bits per heavy atom. The molecule has 9 heteroatoms. The van der Waals surface area contributed by atoms with E-state index in [-0.39, 0.29) is 11.7 Å². The normalized spacial score (nSPS) is 16.6. The molecule has 1 aliphatic heterocycles. The first-order valence-electron chi connectivity index (χ1n) is 13.1. The summed E-state index contributed by atoms with van der Waals surface area (Å²) in [6.07, 6.45) is 4.28. The summed E-state index contributed by atoms with van der Waals surface area (Å²) < 4.78 is 32.4. The Hall–Kier alpha value is -3.85. The molecule has 2 aromatic carbocycles. The molecule has 0 radical (unpaired) electrons. The minimum atomic E-state index is -0.743. The summed E-state index contributed by atoms with van der Waals surface area (Å²) in [5, 5.41) is 6.32. The molecule has 1 saturated heterocycles. The first-order valence-corrected chi connectivity index (χ1v) is 13.1. The molecule has 6 rings (SSSR count). The number of nitrogens with zero attached hydrogens (tertiary/aromatic N) is 4. The lowest BCUT2D eigenvalue weighted by atomic mass is 10.0. The van der Waals surface area contributed by atoms with Crippen molar-refractivity contribution in [1.82, 2.24) is 19.7 Å². The van der Waals surface area contributed by atoms with E-state index in [1.54, 1.807) is 18.2 Å². The van der Waals surface area contributed by atoms with Crippen LogP contribution in [-0.2, 0) is 13.6 Å². The summed E-state index contributed by atoms with van der Waals surface area (Å²) in [5.41, 5.74) is 4.29. The molecule has 0 bridgehead atoms. The standard InChI is InChI=1S/C29H30F2N6O/c1-35-29(33-24-8-6-19(7-9-24)28(38)32-23-10-11-23)34-27-25(3-2-14-37(27)35)20-4-5-21(26(31)17-20)18-36-15-12-22(30)13-16-36/h2-9,14,17,22-23H,10-13,15-16,18H2,1H3,(H,32,38)/p+1. The molecule has 1 aliphatic carbocycles. The number of hydrogen-bond donors (Lipinski definition) is 2. The van der Waals surface area contributed by atoms with E-state index >= 15 is 4.39 Å². The second kappa shape index (κ2) is 10.1. The molecular weight excluding hydrogens is 486 g/mol. The summed E-state index contributed by atoms with van der Waals surface area (Å²) >= 11 is 0. The highest BCUT2D eigenvalue weighted by molar-refractivity contribution is 5.95. The lowest BCUT2D eigenvalue weighted by Gasteiger charge is -2.28. The third-order valence-electron chi connectivity index (χ3n) is 7.38. The molecule has 7 nitrogen and oxygen atoms in total. The SMILES string of the molecule is C[n+]1c(Nc2ccc(C(=O)NC3CC3)cc2)nc2c(-c3ccc(CN4CCC(F)CC4)c(F)c3)cccn21. The van der Waals surface area contributed by atoms with Crippen LogP contribution in [0.3, 0.4) is 0 Å². The first kappa shape index (κ1) is 24.5. The van der Waals surface area contributed by atoms with Gasteiger partial charge in [0.2, 0.25) is 0 Å². The molecule has 2 N–H and O–H groups in total. The minimum absolute atomic E-state index is 0.0513. The van der Waals surface area contributed by atoms with Crippen molar-refractivity contribution >= 4 is 23.2 Å². The molecule has 38 heavy (non-hydrogen) atoms. The zero-order chi connectivity index (χ0) is 26.2. The fraction of sp³-hybridized carbons (Fsp3) is 0.345. The summed E-state index contributed by atoms with van der Waals surface area (Å²) in [6, 6.07) is 16.8. The smallest absolute Gasteiger partial charge is 0.349 e. The van der Waals surface area contributed by atoms with Crippen molar-refractivity contribution < 1.29 is 18.3 Å². The van der Waals surface area contributed by atoms with E-state index in [0.29, 0.717) is 61.2 Å². The van der Waals surface area contributed by atoms with Gasteiger partial charge in [-0.15, -0.1) is 0 Å². The molecular formula is C29H31F2N6O+. The number of benzene rings is 2. The molecule has 0 unspecified atom stereocenters. The van der Waals surface area contributed by atoms with Crippen molar-refractivity contribution in [1.29, 1.82) is 0 Å². The largest absolute Gasteiger partial charge is 0.416 e. The predicted molar refractivity (Wildman–Crippen MR) is 141 cm³/mol. The molecule has 0 spiro atoms. The molecule has 3 heterocycles. The monoisotopic (exact) mass is 517 g/mol. The maximum atomic E-state index is 15.1. The number of piperidine rings is 1. The van der Waals surface area contributed by atoms with Gasteiger partial charge >= 0.3 is 5.95 Å². The lowest BCUT2D eigenvalue weighted by Crippen LogP contribution is -2.36. The van der Waals surface area contributed by atoms with Crippen LogP contribution >= 0.6 is 0 Å². The molecule has 2 aliphatic rings. The van der Waals surface area contributed by atoms with Gasteiger partial charge in [0, 0.05) is 48.6 Å². The van der Waals surface area contributed by atoms with E-state index in [4.69, 9.17) is 4.98 Å². The predicted octanol–water partition coefficient (Wildman–Crippen LogP) is 4.53. The van der Waals surface area contributed by atoms with Gasteiger partial charge in [-0.3, -0.25) is 9.69 Å². The number of carbonyl (C=O) groups is 1. The van der Waals surface area contributed by atoms with Crippen molar-refractivity contribution in [3.63, 3.8) is 0 Å². The Morgan fingerprint density at radius 3 is 2.55 bits per heavy atom. The van der Waals surface area contributed by atoms with Crippen LogP contribution in [-0.4, -0.2) is 45.6 Å². The molecule has 2 aromatic heterocycles. The number of anilines is 2. The lowest BCUT2D eigenvalue weighted by molar-refractivity contribution is -0.725. The Kier molecular flexibility index (Phi) is 6.53. The maximum absolute atomic E-state index is 15.1. The van der Waals surface area contributed by atoms with Crippen LogP contribution in [0, 0.1) is 5.82 Å². The maximum Gasteiger partial charge on any atom is 0.416 e. The van der Waals surface area contributed by atoms with Crippen molar-refractivity contribution in [2.75, 3.05) is 18.4 Å². The number of carbonyl (C=O) groups excluding carboxylic acids is 1. The number of pyridine rings is 1. The van der Waals surface area contributed by atoms with E-state index in [2.05, 4.69) is 15.5 Å². The number of amides is 1. The van der Waals surface area contributed by atoms with Gasteiger partial charge in [0.1, 0.15) is 12.0 Å². The third kappa shape index (κ3) is 5.11. The summed E-state index contributed by atoms with van der Waals surface area (Å²) in [7, 11) is 1.90. The Balaban J connectivity index is 1.22. The van der Waals surface area contributed by atoms with Gasteiger partial charge in [-0.05, 0) is 78.7 Å². The van der Waals surface area contributed by atoms with E-state index < -0.39 is 6.17 Å². The number of nitrogens with one attached hydrogen (secondary N) is 2. The van der Waals surface area contributed by atoms with Crippen molar-refractivity contribution in [2.24, 2.45) is 7.05 Å². The third-order valence-corrected chi connectivity index (χ3v) is 7.38. The van der Waals surface area contributed by atoms with Gasteiger partial charge in [0.15, 0.2) is 0 Å². The average molecular weight is 518 g/mol. The van der Waals surface area contributed by atoms with Crippen molar-refractivity contribution in [3.05, 3.63) is 77.7 Å². The zero-order valence-electron chi connectivity index (χ0n) is 21.3. The minimum Gasteiger partial charge on any atom is -0.349 e. The fourth-order valence-electron chi connectivity index (χ4n) is 4.93. The molecule has 0 atom stereocenters. The quantitative estimate of drug-likeness (QED) is 0.354. The highest BCUT2D eigenvalue weighted by Gasteiger charge is 2.25. The first-order chi connectivity index (χ1) is 18.4. The van der Waals surface area contributed by atoms with E-state index in [1.807, 2.05) is 58.8 Å². The summed E-state index contributed by atoms with van der Waals surface area (Å²) in [4.78, 5) is 19.2. The number of rotatable bonds is 7. The molecule has 1 saturated carbocycles. The molecule has 2 fully saturated rings. The number of hydrogen-bond acceptors (Lipinski definition) is 4. The highest BCUT2D eigenvalue weighted by Crippen LogP contribution is 2.27. The summed E-state index contributed by atoms with van der Waals surface area (Å²) in [6.45, 7) is 1.79. The molecule has 4 aromatic rings. The Morgan fingerprint density at radius 2 is 1.84 bits per heavy atom. The van der Waals surface area contributed by atoms with Gasteiger partial charge in [-0.2, -0.15) is 9.20 Å². The van der Waals surface area contributed by atoms with Crippen LogP contribution < -0.4 is 15.3 Å². The second-order valence-electron chi connectivity index (χ2n) is 10.3. The van der Waals surface area contributed by atoms with Crippen LogP contribution in [0.1, 0.15) is 41.6 Å². The van der Waals surface area contributed by atoms with E-state index in [0.717, 1.165) is 29.7 Å². The molecule has 196 valence electrons. The van der Waals surface area contributed by atoms with Gasteiger partial charge in [0.05, 0.1) is 12.7 Å². The fourth-order valence-corrected chi connectivity index (χ4v) is 4.93. The number of aromatic nitrogens is 3. The highest BCUT2D eigenvalue weighted by atomic mass is 19.1. The number of fused-ring (bicyclic) bond motifs is 1. The number of likely N-dealkylation sites (tertiary alicyclic amines) is 1. The summed E-state index contributed by atoms with van der Waals surface area (Å²) in [5.74, 6) is 0.289. The zero-order valence-corrected chi connectivity index (χ0v) is 21.3. The van der Waals surface area contributed by atoms with Crippen molar-refractivity contribution in [2.45, 2.75) is 44.4 Å². The van der Waals surface area contributed by atoms with E-state index in [1.165, 1.54) is 0 Å². The van der Waals surface area contributed by atoms with Gasteiger partial charge in [0.25, 0.3) is 11.6 Å². The average Bonchev–Trinajstić information content (AvgIpc) is 3.69. The van der Waals surface area contributed by atoms with Gasteiger partial charge in [-0.1, -0.05) is 12.1 Å². The van der Waals surface area contributed by atoms with Crippen LogP contribution in [0.2, 0.25) is 0 Å². The van der Waals surface area contributed by atoms with E-state index in [9.17, 15) is 9.18 Å². The van der Waals surface area contributed by atoms with Gasteiger partial charge in [-0.25, -0.2) is 14.1 Å². The Labute approximate surface area is 220 Å². The van der Waals surface area contributed by atoms with Crippen LogP contribution in [0.15, 0.2) is 60.8 Å². The van der Waals surface area contributed by atoms with Crippen molar-refractivity contribution in [3.8, 4) is 11.1 Å². The van der Waals surface area contributed by atoms with Gasteiger partial charge < -0.3 is 5.32 Å².